The summed E-state index contributed by atoms with van der Waals surface area (Å²) < 4.78 is 4.84. The Balaban J connectivity index is 2.53. The highest BCUT2D eigenvalue weighted by Gasteiger charge is 1.99. The van der Waals surface area contributed by atoms with E-state index in [-0.39, 0.29) is 0 Å². The Kier molecular flexibility index (Phi) is 2.79. The van der Waals surface area contributed by atoms with Crippen molar-refractivity contribution in [1.82, 2.24) is 10.1 Å². The molecule has 0 aromatic carbocycles. The summed E-state index contributed by atoms with van der Waals surface area (Å²) in [6, 6.07) is 0. The minimum atomic E-state index is 0.376. The van der Waals surface area contributed by atoms with Crippen LogP contribution in [-0.2, 0) is 6.54 Å². The molecule has 1 heterocycles. The first-order chi connectivity index (χ1) is 5.72. The lowest BCUT2D eigenvalue weighted by molar-refractivity contribution is 0.376. The largest absolute Gasteiger partial charge is 0.387 e. The molecule has 2 N–H and O–H groups in total. The van der Waals surface area contributed by atoms with E-state index in [9.17, 15) is 0 Å². The normalized spacial score (nSPS) is 12.0. The average Bonchev–Trinajstić information content (AvgIpc) is 2.47. The van der Waals surface area contributed by atoms with Crippen LogP contribution in [0, 0.1) is 6.92 Å². The lowest BCUT2D eigenvalue weighted by Gasteiger charge is -1.91. The monoisotopic (exact) mass is 168 g/mol. The fourth-order valence-corrected chi connectivity index (χ4v) is 0.685. The van der Waals surface area contributed by atoms with Crippen LogP contribution in [0.4, 0.5) is 0 Å². The highest BCUT2D eigenvalue weighted by atomic mass is 16.5. The van der Waals surface area contributed by atoms with Crippen LogP contribution < -0.4 is 5.73 Å². The maximum atomic E-state index is 5.49. The molecule has 1 aromatic heterocycles. The number of aryl methyl sites for hydroxylation is 1. The van der Waals surface area contributed by atoms with E-state index in [0.717, 1.165) is 6.42 Å². The second kappa shape index (κ2) is 3.85. The van der Waals surface area contributed by atoms with Gasteiger partial charge in [-0.2, -0.15) is 4.98 Å². The molecule has 0 fully saturated rings. The number of nitrogens with two attached hydrogens (primary N) is 1. The molecule has 0 aliphatic carbocycles. The van der Waals surface area contributed by atoms with Gasteiger partial charge in [0.25, 0.3) is 0 Å². The van der Waals surface area contributed by atoms with Gasteiger partial charge in [-0.25, -0.2) is 0 Å². The zero-order chi connectivity index (χ0) is 8.97. The fraction of sp³-hybridized carbons (Fsp3) is 0.571. The Bertz CT molecular complexity index is 279. The van der Waals surface area contributed by atoms with Gasteiger partial charge in [0.1, 0.15) is 6.54 Å². The van der Waals surface area contributed by atoms with Crippen molar-refractivity contribution in [1.29, 1.82) is 0 Å². The number of aromatic nitrogens is 2. The maximum Gasteiger partial charge on any atom is 0.248 e. The number of nitrogens with zero attached hydrogens (tertiary/aromatic N) is 3. The third-order valence-electron chi connectivity index (χ3n) is 1.35. The molecule has 0 saturated carbocycles. The van der Waals surface area contributed by atoms with Crippen LogP contribution in [0.25, 0.3) is 0 Å². The van der Waals surface area contributed by atoms with Crippen LogP contribution in [0.3, 0.4) is 0 Å². The van der Waals surface area contributed by atoms with Gasteiger partial charge in [-0.3, -0.25) is 4.99 Å². The van der Waals surface area contributed by atoms with Crippen molar-refractivity contribution >= 4 is 5.84 Å². The number of aliphatic imine (C=N–C) groups is 1. The number of hydrogen-bond donors (Lipinski definition) is 1. The zero-order valence-electron chi connectivity index (χ0n) is 7.24. The maximum absolute atomic E-state index is 5.49. The van der Waals surface area contributed by atoms with Crippen LogP contribution in [0.2, 0.25) is 0 Å². The summed E-state index contributed by atoms with van der Waals surface area (Å²) in [4.78, 5) is 8.00. The van der Waals surface area contributed by atoms with Gasteiger partial charge < -0.3 is 10.3 Å². The van der Waals surface area contributed by atoms with Gasteiger partial charge in [-0.15, -0.1) is 0 Å². The number of rotatable bonds is 3. The van der Waals surface area contributed by atoms with Crippen LogP contribution in [-0.4, -0.2) is 16.0 Å². The van der Waals surface area contributed by atoms with Gasteiger partial charge >= 0.3 is 0 Å². The number of amidine groups is 1. The molecule has 66 valence electrons. The Morgan fingerprint density at radius 3 is 2.92 bits per heavy atom. The molecule has 0 unspecified atom stereocenters. The van der Waals surface area contributed by atoms with Gasteiger partial charge in [0.2, 0.25) is 5.89 Å². The Hall–Kier alpha value is -1.39. The van der Waals surface area contributed by atoms with E-state index in [0.29, 0.717) is 24.1 Å². The smallest absolute Gasteiger partial charge is 0.248 e. The minimum absolute atomic E-state index is 0.376. The van der Waals surface area contributed by atoms with Crippen molar-refractivity contribution in [2.75, 3.05) is 0 Å². The quantitative estimate of drug-likeness (QED) is 0.530. The third-order valence-corrected chi connectivity index (χ3v) is 1.35. The minimum Gasteiger partial charge on any atom is -0.387 e. The van der Waals surface area contributed by atoms with E-state index < -0.39 is 0 Å². The van der Waals surface area contributed by atoms with E-state index in [4.69, 9.17) is 10.3 Å². The molecule has 0 spiro atoms. The first-order valence-electron chi connectivity index (χ1n) is 3.80. The van der Waals surface area contributed by atoms with Crippen molar-refractivity contribution in [3.63, 3.8) is 0 Å². The van der Waals surface area contributed by atoms with Crippen molar-refractivity contribution in [2.45, 2.75) is 26.8 Å². The molecule has 0 amide bonds. The molecule has 12 heavy (non-hydrogen) atoms. The predicted octanol–water partition coefficient (Wildman–Crippen LogP) is 0.645. The molecule has 5 heteroatoms. The lowest BCUT2D eigenvalue weighted by atomic mass is 10.4. The Morgan fingerprint density at radius 1 is 1.67 bits per heavy atom. The zero-order valence-corrected chi connectivity index (χ0v) is 7.24. The lowest BCUT2D eigenvalue weighted by Crippen LogP contribution is -2.09. The fourth-order valence-electron chi connectivity index (χ4n) is 0.685. The number of hydrogen-bond acceptors (Lipinski definition) is 4. The predicted molar refractivity (Wildman–Crippen MR) is 44.7 cm³/mol. The highest BCUT2D eigenvalue weighted by Crippen LogP contribution is 1.97. The summed E-state index contributed by atoms with van der Waals surface area (Å²) in [5.74, 6) is 1.73. The molecule has 0 aliphatic rings. The molecule has 0 saturated heterocycles. The second-order valence-corrected chi connectivity index (χ2v) is 2.40. The van der Waals surface area contributed by atoms with Gasteiger partial charge in [0.15, 0.2) is 5.82 Å². The van der Waals surface area contributed by atoms with Crippen LogP contribution >= 0.6 is 0 Å². The molecule has 1 aromatic rings. The van der Waals surface area contributed by atoms with Gasteiger partial charge in [0.05, 0.1) is 5.84 Å². The molecule has 1 rings (SSSR count). The first kappa shape index (κ1) is 8.70. The topological polar surface area (TPSA) is 77.3 Å². The van der Waals surface area contributed by atoms with Gasteiger partial charge in [0, 0.05) is 6.42 Å². The molecule has 0 aliphatic heterocycles. The van der Waals surface area contributed by atoms with E-state index in [1.165, 1.54) is 0 Å². The van der Waals surface area contributed by atoms with Gasteiger partial charge in [-0.05, 0) is 6.92 Å². The van der Waals surface area contributed by atoms with E-state index in [1.54, 1.807) is 6.92 Å². The summed E-state index contributed by atoms with van der Waals surface area (Å²) >= 11 is 0. The standard InChI is InChI=1S/C7H12N4O/c1-3-6(8)9-4-7-10-5(2)11-12-7/h3-4H2,1-2H3,(H2,8,9). The molecule has 0 radical (unpaired) electrons. The Morgan fingerprint density at radius 2 is 2.42 bits per heavy atom. The average molecular weight is 168 g/mol. The second-order valence-electron chi connectivity index (χ2n) is 2.40. The molecule has 0 bridgehead atoms. The SMILES string of the molecule is CCC(N)=NCc1nc(C)no1. The highest BCUT2D eigenvalue weighted by molar-refractivity contribution is 5.79. The van der Waals surface area contributed by atoms with E-state index >= 15 is 0 Å². The summed E-state index contributed by atoms with van der Waals surface area (Å²) in [6.45, 7) is 4.08. The third kappa shape index (κ3) is 2.34. The summed E-state index contributed by atoms with van der Waals surface area (Å²) in [5, 5.41) is 3.62. The summed E-state index contributed by atoms with van der Waals surface area (Å²) in [5.41, 5.74) is 5.49. The molecular weight excluding hydrogens is 156 g/mol. The van der Waals surface area contributed by atoms with Crippen molar-refractivity contribution in [3.05, 3.63) is 11.7 Å². The molecule has 5 nitrogen and oxygen atoms in total. The summed E-state index contributed by atoms with van der Waals surface area (Å²) in [7, 11) is 0. The van der Waals surface area contributed by atoms with Gasteiger partial charge in [-0.1, -0.05) is 12.1 Å². The van der Waals surface area contributed by atoms with Crippen LogP contribution in [0.5, 0.6) is 0 Å². The first-order valence-corrected chi connectivity index (χ1v) is 3.80. The van der Waals surface area contributed by atoms with Crippen molar-refractivity contribution in [2.24, 2.45) is 10.7 Å². The van der Waals surface area contributed by atoms with E-state index in [2.05, 4.69) is 15.1 Å². The molecule has 0 atom stereocenters. The van der Waals surface area contributed by atoms with Crippen molar-refractivity contribution in [3.8, 4) is 0 Å². The van der Waals surface area contributed by atoms with Crippen molar-refractivity contribution < 1.29 is 4.52 Å². The van der Waals surface area contributed by atoms with Crippen LogP contribution in [0.15, 0.2) is 9.52 Å². The summed E-state index contributed by atoms with van der Waals surface area (Å²) in [6.07, 6.45) is 0.743. The van der Waals surface area contributed by atoms with E-state index in [1.807, 2.05) is 6.92 Å². The molecular formula is C7H12N4O. The Labute approximate surface area is 70.7 Å². The van der Waals surface area contributed by atoms with Crippen LogP contribution in [0.1, 0.15) is 25.1 Å².